The lowest BCUT2D eigenvalue weighted by molar-refractivity contribution is 0.0686. The fraction of sp³-hybridized carbons (Fsp3) is 0.350. The maximum Gasteiger partial charge on any atom is 0.319 e. The van der Waals surface area contributed by atoms with Crippen molar-refractivity contribution in [2.45, 2.75) is 17.9 Å². The van der Waals surface area contributed by atoms with Crippen LogP contribution in [0.1, 0.15) is 23.2 Å². The number of benzene rings is 1. The van der Waals surface area contributed by atoms with E-state index in [2.05, 4.69) is 15.6 Å². The summed E-state index contributed by atoms with van der Waals surface area (Å²) in [5.74, 6) is 0.387. The molecule has 6 nitrogen and oxygen atoms in total. The van der Waals surface area contributed by atoms with E-state index >= 15 is 0 Å². The van der Waals surface area contributed by atoms with Gasteiger partial charge in [0.2, 0.25) is 0 Å². The summed E-state index contributed by atoms with van der Waals surface area (Å²) in [7, 11) is 0. The molecule has 2 heterocycles. The molecule has 1 saturated heterocycles. The van der Waals surface area contributed by atoms with Crippen LogP contribution in [0.2, 0.25) is 5.02 Å². The van der Waals surface area contributed by atoms with Gasteiger partial charge in [-0.3, -0.25) is 4.79 Å². The monoisotopic (exact) mass is 418 g/mol. The minimum absolute atomic E-state index is 0.0318. The Morgan fingerprint density at radius 2 is 1.93 bits per heavy atom. The molecule has 0 bridgehead atoms. The van der Waals surface area contributed by atoms with Crippen LogP contribution in [0.4, 0.5) is 10.5 Å². The summed E-state index contributed by atoms with van der Waals surface area (Å²) in [6, 6.07) is 10.4. The van der Waals surface area contributed by atoms with Crippen LogP contribution in [0.3, 0.4) is 0 Å². The predicted octanol–water partition coefficient (Wildman–Crippen LogP) is 4.13. The molecule has 3 rings (SSSR count). The number of likely N-dealkylation sites (tertiary alicyclic amines) is 1. The highest BCUT2D eigenvalue weighted by atomic mass is 35.5. The van der Waals surface area contributed by atoms with Gasteiger partial charge >= 0.3 is 6.03 Å². The van der Waals surface area contributed by atoms with Crippen molar-refractivity contribution in [1.29, 1.82) is 0 Å². The zero-order valence-electron chi connectivity index (χ0n) is 15.7. The molecule has 0 spiro atoms. The molecule has 1 aliphatic heterocycles. The first-order valence-corrected chi connectivity index (χ1v) is 10.8. The molecular formula is C20H23ClN4O2S. The Morgan fingerprint density at radius 3 is 2.61 bits per heavy atom. The number of amides is 3. The lowest BCUT2D eigenvalue weighted by Gasteiger charge is -2.32. The van der Waals surface area contributed by atoms with Crippen molar-refractivity contribution in [3.05, 3.63) is 53.2 Å². The van der Waals surface area contributed by atoms with Crippen LogP contribution >= 0.6 is 23.4 Å². The van der Waals surface area contributed by atoms with Gasteiger partial charge in [0.1, 0.15) is 5.03 Å². The van der Waals surface area contributed by atoms with E-state index in [1.54, 1.807) is 36.5 Å². The van der Waals surface area contributed by atoms with Crippen molar-refractivity contribution in [1.82, 2.24) is 15.2 Å². The molecule has 1 aromatic carbocycles. The van der Waals surface area contributed by atoms with E-state index in [4.69, 9.17) is 11.6 Å². The summed E-state index contributed by atoms with van der Waals surface area (Å²) in [6.07, 6.45) is 5.35. The number of thioether (sulfide) groups is 1. The molecule has 8 heteroatoms. The largest absolute Gasteiger partial charge is 0.339 e. The number of halogens is 1. The summed E-state index contributed by atoms with van der Waals surface area (Å²) in [5, 5.41) is 7.08. The number of carbonyl (C=O) groups is 2. The van der Waals surface area contributed by atoms with Crippen LogP contribution in [0.5, 0.6) is 0 Å². The lowest BCUT2D eigenvalue weighted by Crippen LogP contribution is -2.42. The fourth-order valence-electron chi connectivity index (χ4n) is 3.17. The maximum absolute atomic E-state index is 12.8. The first-order valence-electron chi connectivity index (χ1n) is 9.15. The van der Waals surface area contributed by atoms with Crippen molar-refractivity contribution in [3.63, 3.8) is 0 Å². The van der Waals surface area contributed by atoms with Crippen LogP contribution in [0, 0.1) is 5.92 Å². The average Bonchev–Trinajstić information content (AvgIpc) is 2.73. The highest BCUT2D eigenvalue weighted by Crippen LogP contribution is 2.22. The molecule has 0 saturated carbocycles. The van der Waals surface area contributed by atoms with Gasteiger partial charge in [-0.1, -0.05) is 11.6 Å². The van der Waals surface area contributed by atoms with Crippen LogP contribution in [0.15, 0.2) is 47.6 Å². The van der Waals surface area contributed by atoms with E-state index < -0.39 is 0 Å². The number of pyridine rings is 1. The zero-order chi connectivity index (χ0) is 19.9. The Hall–Kier alpha value is -2.25. The summed E-state index contributed by atoms with van der Waals surface area (Å²) in [6.45, 7) is 1.96. The first-order chi connectivity index (χ1) is 13.6. The number of aromatic nitrogens is 1. The quantitative estimate of drug-likeness (QED) is 0.716. The molecule has 1 fully saturated rings. The van der Waals surface area contributed by atoms with E-state index in [0.717, 1.165) is 17.9 Å². The molecule has 28 heavy (non-hydrogen) atoms. The molecule has 0 aliphatic carbocycles. The summed E-state index contributed by atoms with van der Waals surface area (Å²) in [5.41, 5.74) is 1.36. The Morgan fingerprint density at radius 1 is 1.21 bits per heavy atom. The molecule has 0 radical (unpaired) electrons. The van der Waals surface area contributed by atoms with E-state index in [1.807, 2.05) is 17.2 Å². The number of urea groups is 1. The average molecular weight is 419 g/mol. The summed E-state index contributed by atoms with van der Waals surface area (Å²) >= 11 is 7.32. The second-order valence-electron chi connectivity index (χ2n) is 6.64. The minimum Gasteiger partial charge on any atom is -0.339 e. The normalized spacial score (nSPS) is 14.6. The molecule has 2 aromatic rings. The number of anilines is 1. The highest BCUT2D eigenvalue weighted by Gasteiger charge is 2.25. The Bertz CT molecular complexity index is 823. The number of hydrogen-bond acceptors (Lipinski definition) is 4. The van der Waals surface area contributed by atoms with E-state index in [-0.39, 0.29) is 11.9 Å². The van der Waals surface area contributed by atoms with Crippen LogP contribution in [0.25, 0.3) is 0 Å². The summed E-state index contributed by atoms with van der Waals surface area (Å²) in [4.78, 5) is 30.9. The molecule has 2 N–H and O–H groups in total. The third-order valence-corrected chi connectivity index (χ3v) is 5.71. The lowest BCUT2D eigenvalue weighted by atomic mass is 9.96. The van der Waals surface area contributed by atoms with Crippen molar-refractivity contribution in [3.8, 4) is 0 Å². The van der Waals surface area contributed by atoms with E-state index in [9.17, 15) is 9.59 Å². The van der Waals surface area contributed by atoms with E-state index in [1.165, 1.54) is 11.8 Å². The van der Waals surface area contributed by atoms with Gasteiger partial charge in [-0.05, 0) is 61.4 Å². The maximum atomic E-state index is 12.8. The highest BCUT2D eigenvalue weighted by molar-refractivity contribution is 7.98. The third kappa shape index (κ3) is 5.39. The molecule has 1 aromatic heterocycles. The van der Waals surface area contributed by atoms with Crippen molar-refractivity contribution in [2.75, 3.05) is 31.2 Å². The van der Waals surface area contributed by atoms with Crippen molar-refractivity contribution in [2.24, 2.45) is 5.92 Å². The van der Waals surface area contributed by atoms with Gasteiger partial charge in [0.05, 0.1) is 5.56 Å². The first kappa shape index (κ1) is 20.5. The Labute approximate surface area is 174 Å². The Balaban J connectivity index is 1.44. The molecule has 0 atom stereocenters. The van der Waals surface area contributed by atoms with Gasteiger partial charge in [-0.2, -0.15) is 0 Å². The minimum atomic E-state index is -0.235. The van der Waals surface area contributed by atoms with Gasteiger partial charge in [-0.15, -0.1) is 11.8 Å². The van der Waals surface area contributed by atoms with Gasteiger partial charge in [0, 0.05) is 36.5 Å². The molecule has 0 unspecified atom stereocenters. The molecular weight excluding hydrogens is 396 g/mol. The van der Waals surface area contributed by atoms with Crippen molar-refractivity contribution >= 4 is 41.0 Å². The van der Waals surface area contributed by atoms with Gasteiger partial charge in [0.25, 0.3) is 5.91 Å². The van der Waals surface area contributed by atoms with Crippen LogP contribution in [-0.4, -0.2) is 47.7 Å². The topological polar surface area (TPSA) is 74.3 Å². The third-order valence-electron chi connectivity index (χ3n) is 4.75. The van der Waals surface area contributed by atoms with Crippen LogP contribution in [-0.2, 0) is 0 Å². The predicted molar refractivity (Wildman–Crippen MR) is 113 cm³/mol. The van der Waals surface area contributed by atoms with Gasteiger partial charge < -0.3 is 15.5 Å². The van der Waals surface area contributed by atoms with E-state index in [0.29, 0.717) is 41.8 Å². The Kier molecular flexibility index (Phi) is 7.17. The fourth-order valence-corrected chi connectivity index (χ4v) is 3.84. The number of piperidine rings is 1. The molecule has 1 aliphatic rings. The van der Waals surface area contributed by atoms with Gasteiger partial charge in [0.15, 0.2) is 0 Å². The number of rotatable bonds is 5. The standard InChI is InChI=1S/C20H23ClN4O2S/c1-28-18-17(3-2-10-22-18)19(26)25-11-8-14(9-12-25)13-23-20(27)24-16-6-4-15(21)5-7-16/h2-7,10,14H,8-9,11-13H2,1H3,(H2,23,24,27). The second-order valence-corrected chi connectivity index (χ2v) is 7.87. The smallest absolute Gasteiger partial charge is 0.319 e. The molecule has 148 valence electrons. The van der Waals surface area contributed by atoms with Gasteiger partial charge in [-0.25, -0.2) is 9.78 Å². The number of hydrogen-bond donors (Lipinski definition) is 2. The number of carbonyl (C=O) groups excluding carboxylic acids is 2. The summed E-state index contributed by atoms with van der Waals surface area (Å²) < 4.78 is 0. The van der Waals surface area contributed by atoms with Crippen molar-refractivity contribution < 1.29 is 9.59 Å². The SMILES string of the molecule is CSc1ncccc1C(=O)N1CCC(CNC(=O)Nc2ccc(Cl)cc2)CC1. The van der Waals surface area contributed by atoms with Crippen LogP contribution < -0.4 is 10.6 Å². The molecule has 3 amide bonds. The zero-order valence-corrected chi connectivity index (χ0v) is 17.2. The second kappa shape index (κ2) is 9.80. The number of nitrogens with one attached hydrogen (secondary N) is 2. The number of nitrogens with zero attached hydrogens (tertiary/aromatic N) is 2.